The molecule has 3 nitrogen and oxygen atoms in total. The van der Waals surface area contributed by atoms with Crippen LogP contribution in [0, 0.1) is 5.21 Å². The highest BCUT2D eigenvalue weighted by molar-refractivity contribution is 6.28. The Morgan fingerprint density at radius 1 is 1.58 bits per heavy atom. The summed E-state index contributed by atoms with van der Waals surface area (Å²) < 4.78 is 0.678. The summed E-state index contributed by atoms with van der Waals surface area (Å²) in [6.45, 7) is 2.81. The molecule has 0 spiro atoms. The fraction of sp³-hybridized carbons (Fsp3) is 0.375. The van der Waals surface area contributed by atoms with E-state index in [1.807, 2.05) is 6.92 Å². The maximum Gasteiger partial charge on any atom is 0.278 e. The third-order valence-electron chi connectivity index (χ3n) is 1.46. The van der Waals surface area contributed by atoms with Crippen LogP contribution in [0.15, 0.2) is 18.2 Å². The molecule has 0 aliphatic carbocycles. The van der Waals surface area contributed by atoms with Gasteiger partial charge in [-0.2, -0.15) is 0 Å². The van der Waals surface area contributed by atoms with Crippen molar-refractivity contribution in [2.24, 2.45) is 0 Å². The summed E-state index contributed by atoms with van der Waals surface area (Å²) in [5.41, 5.74) is 0. The van der Waals surface area contributed by atoms with Gasteiger partial charge >= 0.3 is 0 Å². The van der Waals surface area contributed by atoms with Crippen molar-refractivity contribution in [1.82, 2.24) is 0 Å². The van der Waals surface area contributed by atoms with Crippen molar-refractivity contribution < 1.29 is 4.73 Å². The molecule has 0 amide bonds. The van der Waals surface area contributed by atoms with Crippen molar-refractivity contribution in [2.45, 2.75) is 13.3 Å². The lowest BCUT2D eigenvalue weighted by molar-refractivity contribution is -0.588. The van der Waals surface area contributed by atoms with Crippen molar-refractivity contribution >= 4 is 17.4 Å². The van der Waals surface area contributed by atoms with Crippen LogP contribution < -0.4 is 10.0 Å². The minimum Gasteiger partial charge on any atom is -0.710 e. The van der Waals surface area contributed by atoms with E-state index in [4.69, 9.17) is 11.6 Å². The smallest absolute Gasteiger partial charge is 0.278 e. The number of aromatic nitrogens is 1. The van der Waals surface area contributed by atoms with E-state index in [0.717, 1.165) is 13.0 Å². The fourth-order valence-electron chi connectivity index (χ4n) is 0.853. The number of nitrogens with one attached hydrogen (secondary N) is 1. The molecule has 1 N–H and O–H groups in total. The molecule has 0 radical (unpaired) electrons. The van der Waals surface area contributed by atoms with Gasteiger partial charge in [-0.05, 0) is 30.2 Å². The average molecular weight is 187 g/mol. The normalized spacial score (nSPS) is 9.83. The van der Waals surface area contributed by atoms with E-state index in [1.165, 1.54) is 0 Å². The Balaban J connectivity index is 2.78. The molecule has 1 aromatic heterocycles. The van der Waals surface area contributed by atoms with Crippen molar-refractivity contribution in [2.75, 3.05) is 11.9 Å². The topological polar surface area (TPSA) is 39.0 Å². The number of halogens is 1. The van der Waals surface area contributed by atoms with Crippen LogP contribution in [0.25, 0.3) is 0 Å². The zero-order chi connectivity index (χ0) is 8.97. The van der Waals surface area contributed by atoms with Gasteiger partial charge in [0.25, 0.3) is 5.82 Å². The standard InChI is InChI=1S/C8H11ClN2O/c1-2-6-10-8-5-3-4-7(9)11(8)12/h3-5,10H,2,6H2,1H3. The summed E-state index contributed by atoms with van der Waals surface area (Å²) in [5, 5.41) is 14.4. The maximum absolute atomic E-state index is 11.2. The molecule has 0 saturated carbocycles. The van der Waals surface area contributed by atoms with Gasteiger partial charge in [-0.25, -0.2) is 4.73 Å². The zero-order valence-corrected chi connectivity index (χ0v) is 7.64. The molecule has 4 heteroatoms. The number of nitrogens with zero attached hydrogens (tertiary/aromatic N) is 1. The minimum atomic E-state index is 0.191. The molecular weight excluding hydrogens is 176 g/mol. The summed E-state index contributed by atoms with van der Waals surface area (Å²) in [6.07, 6.45) is 0.979. The zero-order valence-electron chi connectivity index (χ0n) is 6.88. The van der Waals surface area contributed by atoms with E-state index in [2.05, 4.69) is 5.32 Å². The Bertz CT molecular complexity index is 265. The summed E-state index contributed by atoms with van der Waals surface area (Å²) in [6, 6.07) is 5.01. The van der Waals surface area contributed by atoms with Crippen LogP contribution >= 0.6 is 11.6 Å². The largest absolute Gasteiger partial charge is 0.710 e. The van der Waals surface area contributed by atoms with Crippen molar-refractivity contribution in [3.8, 4) is 0 Å². The SMILES string of the molecule is CCCNc1cccc(Cl)[n+]1[O-]. The lowest BCUT2D eigenvalue weighted by Crippen LogP contribution is -2.32. The first-order valence-electron chi connectivity index (χ1n) is 3.87. The third kappa shape index (κ3) is 2.01. The first-order chi connectivity index (χ1) is 5.75. The van der Waals surface area contributed by atoms with E-state index >= 15 is 0 Å². The summed E-state index contributed by atoms with van der Waals surface area (Å²) in [4.78, 5) is 0. The molecule has 66 valence electrons. The molecule has 0 aliphatic heterocycles. The van der Waals surface area contributed by atoms with Crippen LogP contribution in [-0.4, -0.2) is 6.54 Å². The number of hydrogen-bond acceptors (Lipinski definition) is 2. The molecule has 1 rings (SSSR count). The van der Waals surface area contributed by atoms with Gasteiger partial charge in [-0.15, -0.1) is 0 Å². The quantitative estimate of drug-likeness (QED) is 0.444. The third-order valence-corrected chi connectivity index (χ3v) is 1.74. The van der Waals surface area contributed by atoms with Crippen molar-refractivity contribution in [3.05, 3.63) is 28.6 Å². The second kappa shape index (κ2) is 4.16. The molecule has 0 aromatic carbocycles. The highest BCUT2D eigenvalue weighted by Crippen LogP contribution is 2.05. The Hall–Kier alpha value is -0.960. The monoisotopic (exact) mass is 186 g/mol. The highest BCUT2D eigenvalue weighted by atomic mass is 35.5. The van der Waals surface area contributed by atoms with Crippen LogP contribution in [0.2, 0.25) is 5.15 Å². The second-order valence-electron chi connectivity index (χ2n) is 2.45. The summed E-state index contributed by atoms with van der Waals surface area (Å²) in [7, 11) is 0. The highest BCUT2D eigenvalue weighted by Gasteiger charge is 2.03. The maximum atomic E-state index is 11.2. The molecule has 1 aromatic rings. The average Bonchev–Trinajstić information content (AvgIpc) is 2.08. The molecule has 0 saturated heterocycles. The Morgan fingerprint density at radius 2 is 2.33 bits per heavy atom. The van der Waals surface area contributed by atoms with Crippen LogP contribution in [0.4, 0.5) is 5.82 Å². The number of pyridine rings is 1. The molecule has 0 atom stereocenters. The predicted octanol–water partition coefficient (Wildman–Crippen LogP) is 1.80. The van der Waals surface area contributed by atoms with Crippen LogP contribution in [0.1, 0.15) is 13.3 Å². The molecule has 0 unspecified atom stereocenters. The van der Waals surface area contributed by atoms with Gasteiger partial charge in [0, 0.05) is 6.07 Å². The van der Waals surface area contributed by atoms with E-state index in [0.29, 0.717) is 10.5 Å². The van der Waals surface area contributed by atoms with E-state index < -0.39 is 0 Å². The van der Waals surface area contributed by atoms with Crippen LogP contribution in [0.5, 0.6) is 0 Å². The van der Waals surface area contributed by atoms with Gasteiger partial charge in [-0.3, -0.25) is 5.32 Å². The lowest BCUT2D eigenvalue weighted by Gasteiger charge is -2.08. The predicted molar refractivity (Wildman–Crippen MR) is 49.2 cm³/mol. The van der Waals surface area contributed by atoms with Crippen LogP contribution in [-0.2, 0) is 0 Å². The minimum absolute atomic E-state index is 0.191. The van der Waals surface area contributed by atoms with Crippen molar-refractivity contribution in [1.29, 1.82) is 0 Å². The van der Waals surface area contributed by atoms with Gasteiger partial charge in [0.15, 0.2) is 5.15 Å². The van der Waals surface area contributed by atoms with E-state index in [1.54, 1.807) is 18.2 Å². The first kappa shape index (κ1) is 9.13. The molecule has 12 heavy (non-hydrogen) atoms. The van der Waals surface area contributed by atoms with Crippen LogP contribution in [0.3, 0.4) is 0 Å². The van der Waals surface area contributed by atoms with Gasteiger partial charge in [-0.1, -0.05) is 6.92 Å². The Kier molecular flexibility index (Phi) is 3.17. The Labute approximate surface area is 76.6 Å². The lowest BCUT2D eigenvalue weighted by atomic mass is 10.4. The van der Waals surface area contributed by atoms with Gasteiger partial charge in [0.1, 0.15) is 0 Å². The van der Waals surface area contributed by atoms with E-state index in [9.17, 15) is 5.21 Å². The molecule has 0 aliphatic rings. The second-order valence-corrected chi connectivity index (χ2v) is 2.84. The van der Waals surface area contributed by atoms with Gasteiger partial charge < -0.3 is 5.21 Å². The number of anilines is 1. The van der Waals surface area contributed by atoms with Gasteiger partial charge in [0.2, 0.25) is 0 Å². The van der Waals surface area contributed by atoms with E-state index in [-0.39, 0.29) is 5.15 Å². The summed E-state index contributed by atoms with van der Waals surface area (Å²) in [5.74, 6) is 0.504. The fourth-order valence-corrected chi connectivity index (χ4v) is 1.02. The molecule has 1 heterocycles. The molecule has 0 bridgehead atoms. The van der Waals surface area contributed by atoms with Gasteiger partial charge in [0.05, 0.1) is 6.54 Å². The Morgan fingerprint density at radius 3 is 3.00 bits per heavy atom. The first-order valence-corrected chi connectivity index (χ1v) is 4.25. The number of hydrogen-bond donors (Lipinski definition) is 1. The molecular formula is C8H11ClN2O. The van der Waals surface area contributed by atoms with Crippen molar-refractivity contribution in [3.63, 3.8) is 0 Å². The number of rotatable bonds is 3. The molecule has 0 fully saturated rings. The summed E-state index contributed by atoms with van der Waals surface area (Å²) >= 11 is 5.60.